The summed E-state index contributed by atoms with van der Waals surface area (Å²) in [6.45, 7) is 7.28. The molecule has 0 bridgehead atoms. The van der Waals surface area contributed by atoms with Crippen LogP contribution in [0.2, 0.25) is 0 Å². The van der Waals surface area contributed by atoms with Crippen LogP contribution >= 0.6 is 0 Å². The summed E-state index contributed by atoms with van der Waals surface area (Å²) in [7, 11) is 0. The molecule has 4 heterocycles. The summed E-state index contributed by atoms with van der Waals surface area (Å²) in [6.07, 6.45) is 9.13. The van der Waals surface area contributed by atoms with E-state index in [0.29, 0.717) is 18.6 Å². The summed E-state index contributed by atoms with van der Waals surface area (Å²) in [4.78, 5) is 18.8. The average Bonchev–Trinajstić information content (AvgIpc) is 3.40. The first kappa shape index (κ1) is 20.1. The Hall–Kier alpha value is -3.48. The highest BCUT2D eigenvalue weighted by atomic mass is 16.2. The van der Waals surface area contributed by atoms with Crippen molar-refractivity contribution in [2.45, 2.75) is 58.7 Å². The van der Waals surface area contributed by atoms with Crippen molar-refractivity contribution in [3.05, 3.63) is 54.1 Å². The SMILES string of the molecule is CC(=O)N1CCc2c(c(-c3cccc4cc(-c5cnn(C(C)C)c5)ncc34)nn2C2CC2)C1. The van der Waals surface area contributed by atoms with Crippen LogP contribution in [0.25, 0.3) is 33.3 Å². The molecular formula is C26H28N6O. The topological polar surface area (TPSA) is 68.8 Å². The number of rotatable bonds is 4. The monoisotopic (exact) mass is 440 g/mol. The zero-order valence-corrected chi connectivity index (χ0v) is 19.3. The second-order valence-electron chi connectivity index (χ2n) is 9.54. The molecule has 33 heavy (non-hydrogen) atoms. The molecule has 4 aromatic rings. The number of nitrogens with zero attached hydrogens (tertiary/aromatic N) is 6. The van der Waals surface area contributed by atoms with Gasteiger partial charge in [-0.2, -0.15) is 10.2 Å². The number of fused-ring (bicyclic) bond motifs is 2. The van der Waals surface area contributed by atoms with E-state index in [-0.39, 0.29) is 5.91 Å². The van der Waals surface area contributed by atoms with Crippen molar-refractivity contribution in [2.75, 3.05) is 6.54 Å². The number of benzene rings is 1. The number of pyridine rings is 1. The number of carbonyl (C=O) groups is 1. The third-order valence-electron chi connectivity index (χ3n) is 6.87. The zero-order chi connectivity index (χ0) is 22.7. The van der Waals surface area contributed by atoms with Gasteiger partial charge in [0.2, 0.25) is 5.91 Å². The molecule has 0 unspecified atom stereocenters. The summed E-state index contributed by atoms with van der Waals surface area (Å²) in [5.41, 5.74) is 6.51. The summed E-state index contributed by atoms with van der Waals surface area (Å²) < 4.78 is 4.19. The van der Waals surface area contributed by atoms with Gasteiger partial charge in [0.25, 0.3) is 0 Å². The smallest absolute Gasteiger partial charge is 0.219 e. The molecule has 0 atom stereocenters. The zero-order valence-electron chi connectivity index (χ0n) is 19.3. The maximum absolute atomic E-state index is 12.1. The maximum atomic E-state index is 12.1. The van der Waals surface area contributed by atoms with Gasteiger partial charge in [0.05, 0.1) is 23.6 Å². The van der Waals surface area contributed by atoms with Gasteiger partial charge in [-0.3, -0.25) is 19.1 Å². The maximum Gasteiger partial charge on any atom is 0.219 e. The largest absolute Gasteiger partial charge is 0.338 e. The van der Waals surface area contributed by atoms with Crippen LogP contribution in [0.3, 0.4) is 0 Å². The number of amides is 1. The summed E-state index contributed by atoms with van der Waals surface area (Å²) in [5.74, 6) is 0.122. The van der Waals surface area contributed by atoms with E-state index in [9.17, 15) is 4.79 Å². The van der Waals surface area contributed by atoms with E-state index >= 15 is 0 Å². The number of aromatic nitrogens is 5. The highest BCUT2D eigenvalue weighted by molar-refractivity contribution is 5.97. The lowest BCUT2D eigenvalue weighted by Crippen LogP contribution is -2.34. The van der Waals surface area contributed by atoms with Gasteiger partial charge in [0.1, 0.15) is 0 Å². The molecule has 0 spiro atoms. The Balaban J connectivity index is 1.46. The van der Waals surface area contributed by atoms with Crippen LogP contribution in [0.15, 0.2) is 42.9 Å². The molecule has 7 heteroatoms. The van der Waals surface area contributed by atoms with Gasteiger partial charge in [-0.25, -0.2) is 0 Å². The van der Waals surface area contributed by atoms with E-state index in [1.807, 2.05) is 28.2 Å². The molecule has 1 saturated carbocycles. The van der Waals surface area contributed by atoms with Crippen LogP contribution < -0.4 is 0 Å². The molecule has 0 radical (unpaired) electrons. The van der Waals surface area contributed by atoms with Crippen molar-refractivity contribution >= 4 is 16.7 Å². The van der Waals surface area contributed by atoms with Crippen LogP contribution in [0.4, 0.5) is 0 Å². The first-order valence-electron chi connectivity index (χ1n) is 11.8. The van der Waals surface area contributed by atoms with Crippen LogP contribution in [-0.4, -0.2) is 41.9 Å². The van der Waals surface area contributed by atoms with Gasteiger partial charge in [0, 0.05) is 72.6 Å². The standard InChI is InChI=1S/C26H28N6O/c1-16(2)31-14-19(12-28-31)24-11-18-5-4-6-21(22(18)13-27-24)26-23-15-30(17(3)33)10-9-25(23)32(29-26)20-7-8-20/h4-6,11-14,16,20H,7-10,15H2,1-3H3. The van der Waals surface area contributed by atoms with Crippen LogP contribution in [-0.2, 0) is 17.8 Å². The third-order valence-corrected chi connectivity index (χ3v) is 6.87. The number of carbonyl (C=O) groups excluding carboxylic acids is 1. The minimum Gasteiger partial charge on any atom is -0.338 e. The minimum absolute atomic E-state index is 0.122. The molecule has 168 valence electrons. The summed E-state index contributed by atoms with van der Waals surface area (Å²) in [6, 6.07) is 9.30. The average molecular weight is 441 g/mol. The lowest BCUT2D eigenvalue weighted by Gasteiger charge is -2.27. The van der Waals surface area contributed by atoms with Crippen molar-refractivity contribution in [3.63, 3.8) is 0 Å². The van der Waals surface area contributed by atoms with Crippen molar-refractivity contribution in [1.82, 2.24) is 29.4 Å². The molecule has 7 nitrogen and oxygen atoms in total. The summed E-state index contributed by atoms with van der Waals surface area (Å²) >= 11 is 0. The first-order valence-corrected chi connectivity index (χ1v) is 11.8. The van der Waals surface area contributed by atoms with Crippen LogP contribution in [0.1, 0.15) is 57.0 Å². The Morgan fingerprint density at radius 1 is 1.18 bits per heavy atom. The van der Waals surface area contributed by atoms with E-state index in [1.165, 1.54) is 24.1 Å². The molecule has 0 saturated heterocycles. The van der Waals surface area contributed by atoms with Gasteiger partial charge in [-0.1, -0.05) is 18.2 Å². The lowest BCUT2D eigenvalue weighted by atomic mass is 9.97. The molecule has 1 amide bonds. The second kappa shape index (κ2) is 7.54. The van der Waals surface area contributed by atoms with Crippen LogP contribution in [0, 0.1) is 0 Å². The van der Waals surface area contributed by atoms with E-state index in [1.54, 1.807) is 6.92 Å². The highest BCUT2D eigenvalue weighted by Crippen LogP contribution is 2.41. The molecule has 6 rings (SSSR count). The van der Waals surface area contributed by atoms with E-state index in [0.717, 1.165) is 46.3 Å². The molecule has 1 fully saturated rings. The Bertz CT molecular complexity index is 1380. The fourth-order valence-electron chi connectivity index (χ4n) is 4.84. The van der Waals surface area contributed by atoms with Gasteiger partial charge >= 0.3 is 0 Å². The van der Waals surface area contributed by atoms with Crippen LogP contribution in [0.5, 0.6) is 0 Å². The minimum atomic E-state index is 0.122. The van der Waals surface area contributed by atoms with Crippen molar-refractivity contribution in [1.29, 1.82) is 0 Å². The second-order valence-corrected chi connectivity index (χ2v) is 9.54. The molecule has 3 aromatic heterocycles. The number of hydrogen-bond acceptors (Lipinski definition) is 4. The van der Waals surface area contributed by atoms with Crippen molar-refractivity contribution in [2.24, 2.45) is 0 Å². The van der Waals surface area contributed by atoms with E-state index < -0.39 is 0 Å². The normalized spacial score (nSPS) is 15.9. The lowest BCUT2D eigenvalue weighted by molar-refractivity contribution is -0.129. The first-order chi connectivity index (χ1) is 16.0. The number of hydrogen-bond donors (Lipinski definition) is 0. The molecule has 1 aromatic carbocycles. The fraction of sp³-hybridized carbons (Fsp3) is 0.385. The Morgan fingerprint density at radius 2 is 2.03 bits per heavy atom. The predicted octanol–water partition coefficient (Wildman–Crippen LogP) is 4.78. The van der Waals surface area contributed by atoms with Gasteiger partial charge in [-0.05, 0) is 38.1 Å². The molecule has 2 aliphatic rings. The highest BCUT2D eigenvalue weighted by Gasteiger charge is 2.33. The van der Waals surface area contributed by atoms with Gasteiger partial charge in [-0.15, -0.1) is 0 Å². The predicted molar refractivity (Wildman–Crippen MR) is 128 cm³/mol. The Morgan fingerprint density at radius 3 is 2.76 bits per heavy atom. The molecule has 1 aliphatic heterocycles. The van der Waals surface area contributed by atoms with Gasteiger partial charge in [0.15, 0.2) is 0 Å². The molecular weight excluding hydrogens is 412 g/mol. The van der Waals surface area contributed by atoms with Crippen molar-refractivity contribution < 1.29 is 4.79 Å². The summed E-state index contributed by atoms with van der Waals surface area (Å²) in [5, 5.41) is 11.8. The van der Waals surface area contributed by atoms with E-state index in [2.05, 4.69) is 47.9 Å². The fourth-order valence-corrected chi connectivity index (χ4v) is 4.84. The van der Waals surface area contributed by atoms with E-state index in [4.69, 9.17) is 10.1 Å². The van der Waals surface area contributed by atoms with Crippen molar-refractivity contribution in [3.8, 4) is 22.5 Å². The molecule has 0 N–H and O–H groups in total. The Labute approximate surface area is 193 Å². The third kappa shape index (κ3) is 3.43. The quantitative estimate of drug-likeness (QED) is 0.458. The van der Waals surface area contributed by atoms with Gasteiger partial charge < -0.3 is 4.90 Å². The Kier molecular flexibility index (Phi) is 4.60. The molecule has 1 aliphatic carbocycles.